The highest BCUT2D eigenvalue weighted by molar-refractivity contribution is 5.69. The highest BCUT2D eigenvalue weighted by Gasteiger charge is 2.17. The van der Waals surface area contributed by atoms with Crippen LogP contribution in [0.2, 0.25) is 0 Å². The van der Waals surface area contributed by atoms with Crippen LogP contribution in [0.4, 0.5) is 5.69 Å². The number of hydrogen-bond acceptors (Lipinski definition) is 2. The number of aryl methyl sites for hydroxylation is 1. The van der Waals surface area contributed by atoms with E-state index in [0.717, 1.165) is 29.2 Å². The first-order chi connectivity index (χ1) is 10.9. The zero-order chi connectivity index (χ0) is 15.2. The minimum absolute atomic E-state index is 0.855. The molecule has 0 saturated heterocycles. The van der Waals surface area contributed by atoms with Gasteiger partial charge in [0.2, 0.25) is 5.58 Å². The van der Waals surface area contributed by atoms with Crippen LogP contribution in [0.15, 0.2) is 77.4 Å². The molecule has 3 aromatic rings. The van der Waals surface area contributed by atoms with Crippen molar-refractivity contribution >= 4 is 22.9 Å². The summed E-state index contributed by atoms with van der Waals surface area (Å²) >= 11 is 0. The van der Waals surface area contributed by atoms with Crippen LogP contribution < -0.4 is 9.88 Å². The van der Waals surface area contributed by atoms with Gasteiger partial charge in [-0.25, -0.2) is 0 Å². The van der Waals surface area contributed by atoms with Crippen molar-refractivity contribution in [2.75, 3.05) is 5.32 Å². The van der Waals surface area contributed by atoms with Crippen LogP contribution in [0.3, 0.4) is 0 Å². The summed E-state index contributed by atoms with van der Waals surface area (Å²) in [5.41, 5.74) is 3.10. The molecule has 1 heterocycles. The van der Waals surface area contributed by atoms with Crippen molar-refractivity contribution in [1.29, 1.82) is 0 Å². The summed E-state index contributed by atoms with van der Waals surface area (Å²) in [6.07, 6.45) is 7.82. The zero-order valence-corrected chi connectivity index (χ0v) is 12.6. The number of aromatic nitrogens is 1. The third-order valence-electron chi connectivity index (χ3n) is 3.42. The van der Waals surface area contributed by atoms with E-state index in [4.69, 9.17) is 4.42 Å². The van der Waals surface area contributed by atoms with Crippen molar-refractivity contribution in [1.82, 2.24) is 0 Å². The first-order valence-electron chi connectivity index (χ1n) is 7.44. The Kier molecular flexibility index (Phi) is 4.35. The Morgan fingerprint density at radius 1 is 1.00 bits per heavy atom. The van der Waals surface area contributed by atoms with Gasteiger partial charge in [-0.15, -0.1) is 0 Å². The van der Waals surface area contributed by atoms with Crippen molar-refractivity contribution in [2.45, 2.75) is 13.5 Å². The molecule has 0 unspecified atom stereocenters. The molecule has 0 aliphatic heterocycles. The molecule has 0 saturated carbocycles. The summed E-state index contributed by atoms with van der Waals surface area (Å²) in [5.74, 6) is 0.855. The van der Waals surface area contributed by atoms with Crippen LogP contribution >= 0.6 is 0 Å². The fourth-order valence-electron chi connectivity index (χ4n) is 2.38. The summed E-state index contributed by atoms with van der Waals surface area (Å²) < 4.78 is 8.03. The van der Waals surface area contributed by atoms with E-state index < -0.39 is 0 Å². The van der Waals surface area contributed by atoms with Crippen LogP contribution in [-0.4, -0.2) is 0 Å². The molecule has 3 heteroatoms. The summed E-state index contributed by atoms with van der Waals surface area (Å²) in [6.45, 7) is 2.99. The van der Waals surface area contributed by atoms with E-state index in [0.29, 0.717) is 0 Å². The number of allylic oxidation sites excluding steroid dienone is 2. The molecule has 0 radical (unpaired) electrons. The fourth-order valence-corrected chi connectivity index (χ4v) is 2.38. The van der Waals surface area contributed by atoms with E-state index in [2.05, 4.69) is 22.9 Å². The van der Waals surface area contributed by atoms with Gasteiger partial charge in [-0.2, -0.15) is 4.57 Å². The monoisotopic (exact) mass is 291 g/mol. The Hall–Kier alpha value is -2.81. The number of fused-ring (bicyclic) bond motifs is 1. The first kappa shape index (κ1) is 14.1. The lowest BCUT2D eigenvalue weighted by atomic mass is 10.3. The molecule has 0 aliphatic carbocycles. The van der Waals surface area contributed by atoms with E-state index in [-0.39, 0.29) is 0 Å². The molecule has 1 aromatic heterocycles. The molecule has 3 nitrogen and oxygen atoms in total. The Morgan fingerprint density at radius 2 is 1.77 bits per heavy atom. The van der Waals surface area contributed by atoms with Crippen LogP contribution in [0, 0.1) is 0 Å². The quantitative estimate of drug-likeness (QED) is 0.558. The minimum atomic E-state index is 0.855. The number of benzene rings is 2. The third-order valence-corrected chi connectivity index (χ3v) is 3.42. The van der Waals surface area contributed by atoms with Gasteiger partial charge in [-0.05, 0) is 31.2 Å². The molecule has 1 N–H and O–H groups in total. The topological polar surface area (TPSA) is 29.1 Å². The summed E-state index contributed by atoms with van der Waals surface area (Å²) in [7, 11) is 0. The number of para-hydroxylation sites is 3. The normalized spacial score (nSPS) is 11.7. The Balaban J connectivity index is 1.72. The van der Waals surface area contributed by atoms with Gasteiger partial charge in [0.1, 0.15) is 6.54 Å². The molecular formula is C19H19N2O+. The molecule has 0 fully saturated rings. The number of rotatable bonds is 5. The largest absolute Gasteiger partial charge is 0.398 e. The average Bonchev–Trinajstić information content (AvgIpc) is 2.93. The van der Waals surface area contributed by atoms with Crippen molar-refractivity contribution < 1.29 is 8.98 Å². The Labute approximate surface area is 130 Å². The highest BCUT2D eigenvalue weighted by atomic mass is 16.3. The van der Waals surface area contributed by atoms with E-state index in [1.807, 2.05) is 73.0 Å². The molecular weight excluding hydrogens is 272 g/mol. The molecule has 110 valence electrons. The highest BCUT2D eigenvalue weighted by Crippen LogP contribution is 2.14. The predicted octanol–water partition coefficient (Wildman–Crippen LogP) is 4.38. The van der Waals surface area contributed by atoms with Gasteiger partial charge in [0.25, 0.3) is 5.52 Å². The van der Waals surface area contributed by atoms with Crippen molar-refractivity contribution in [2.24, 2.45) is 0 Å². The molecule has 0 spiro atoms. The molecule has 2 aromatic carbocycles. The zero-order valence-electron chi connectivity index (χ0n) is 12.6. The standard InChI is InChI=1S/C19H18N2O/c1-2-21-17-12-6-7-13-18(17)22-19(21)14-8-9-15-20-16-10-4-3-5-11-16/h3-15H,2H2,1H3/p+1. The lowest BCUT2D eigenvalue weighted by Crippen LogP contribution is -2.33. The van der Waals surface area contributed by atoms with Crippen molar-refractivity contribution in [3.8, 4) is 0 Å². The Bertz CT molecular complexity index is 801. The maximum absolute atomic E-state index is 5.88. The predicted molar refractivity (Wildman–Crippen MR) is 90.3 cm³/mol. The second-order valence-corrected chi connectivity index (χ2v) is 4.88. The number of oxazole rings is 1. The molecule has 22 heavy (non-hydrogen) atoms. The summed E-state index contributed by atoms with van der Waals surface area (Å²) in [6, 6.07) is 18.1. The third kappa shape index (κ3) is 3.09. The Morgan fingerprint density at radius 3 is 2.59 bits per heavy atom. The molecule has 0 aliphatic rings. The maximum atomic E-state index is 5.88. The summed E-state index contributed by atoms with van der Waals surface area (Å²) in [4.78, 5) is 0. The van der Waals surface area contributed by atoms with Crippen molar-refractivity contribution in [3.05, 3.63) is 78.8 Å². The van der Waals surface area contributed by atoms with Gasteiger partial charge in [0, 0.05) is 18.0 Å². The van der Waals surface area contributed by atoms with Crippen molar-refractivity contribution in [3.63, 3.8) is 0 Å². The summed E-state index contributed by atoms with van der Waals surface area (Å²) in [5, 5.41) is 3.22. The van der Waals surface area contributed by atoms with Gasteiger partial charge in [-0.3, -0.25) is 0 Å². The van der Waals surface area contributed by atoms with Gasteiger partial charge in [0.15, 0.2) is 0 Å². The molecule has 3 rings (SSSR count). The van der Waals surface area contributed by atoms with Gasteiger partial charge in [0.05, 0.1) is 6.08 Å². The number of hydrogen-bond donors (Lipinski definition) is 1. The second kappa shape index (κ2) is 6.76. The number of nitrogens with zero attached hydrogens (tertiary/aromatic N) is 1. The average molecular weight is 291 g/mol. The lowest BCUT2D eigenvalue weighted by molar-refractivity contribution is -0.674. The van der Waals surface area contributed by atoms with Crippen LogP contribution in [0.25, 0.3) is 17.2 Å². The number of nitrogens with one attached hydrogen (secondary N) is 1. The fraction of sp³-hybridized carbons (Fsp3) is 0.105. The molecule has 0 amide bonds. The van der Waals surface area contributed by atoms with E-state index in [1.165, 1.54) is 0 Å². The minimum Gasteiger partial charge on any atom is -0.398 e. The maximum Gasteiger partial charge on any atom is 0.374 e. The van der Waals surface area contributed by atoms with E-state index in [1.54, 1.807) is 0 Å². The smallest absolute Gasteiger partial charge is 0.374 e. The lowest BCUT2D eigenvalue weighted by Gasteiger charge is -1.97. The number of anilines is 1. The van der Waals surface area contributed by atoms with Crippen LogP contribution in [0.5, 0.6) is 0 Å². The SMILES string of the molecule is CC[n+]1c(C=CC=CNc2ccccc2)oc2ccccc21. The van der Waals surface area contributed by atoms with Crippen LogP contribution in [0.1, 0.15) is 12.8 Å². The van der Waals surface area contributed by atoms with E-state index in [9.17, 15) is 0 Å². The van der Waals surface area contributed by atoms with Gasteiger partial charge >= 0.3 is 5.89 Å². The van der Waals surface area contributed by atoms with E-state index >= 15 is 0 Å². The first-order valence-corrected chi connectivity index (χ1v) is 7.44. The second-order valence-electron chi connectivity index (χ2n) is 4.88. The molecule has 0 atom stereocenters. The van der Waals surface area contributed by atoms with Gasteiger partial charge in [-0.1, -0.05) is 36.4 Å². The van der Waals surface area contributed by atoms with Crippen LogP contribution in [-0.2, 0) is 6.54 Å². The van der Waals surface area contributed by atoms with Gasteiger partial charge < -0.3 is 9.73 Å². The molecule has 0 bridgehead atoms.